The number of fused-ring (bicyclic) bond motifs is 1. The maximum absolute atomic E-state index is 11.9. The van der Waals surface area contributed by atoms with Gasteiger partial charge in [0.25, 0.3) is 0 Å². The zero-order chi connectivity index (χ0) is 13.7. The molecule has 0 bridgehead atoms. The van der Waals surface area contributed by atoms with Crippen molar-refractivity contribution in [3.8, 4) is 0 Å². The monoisotopic (exact) mass is 261 g/mol. The summed E-state index contributed by atoms with van der Waals surface area (Å²) in [5.41, 5.74) is 3.92. The summed E-state index contributed by atoms with van der Waals surface area (Å²) in [6, 6.07) is 6.28. The number of rotatable bonds is 5. The number of hydrogen-bond acceptors (Lipinski definition) is 2. The topological polar surface area (TPSA) is 49.3 Å². The molecule has 1 amide bonds. The number of aryl methyl sites for hydroxylation is 2. The molecule has 0 saturated heterocycles. The maximum atomic E-state index is 11.9. The normalized spacial score (nSPS) is 15.7. The molecule has 2 N–H and O–H groups in total. The molecular formula is C16H23NO2. The van der Waals surface area contributed by atoms with E-state index in [2.05, 4.69) is 23.5 Å². The first kappa shape index (κ1) is 14.1. The van der Waals surface area contributed by atoms with Crippen molar-refractivity contribution < 1.29 is 9.90 Å². The van der Waals surface area contributed by atoms with Crippen LogP contribution in [0.5, 0.6) is 0 Å². The second kappa shape index (κ2) is 6.71. The minimum atomic E-state index is -0.120. The van der Waals surface area contributed by atoms with E-state index in [1.54, 1.807) is 0 Å². The molecule has 0 fully saturated rings. The Hall–Kier alpha value is -1.35. The van der Waals surface area contributed by atoms with Crippen molar-refractivity contribution in [2.75, 3.05) is 6.61 Å². The highest BCUT2D eigenvalue weighted by atomic mass is 16.3. The van der Waals surface area contributed by atoms with Crippen LogP contribution in [-0.4, -0.2) is 23.7 Å². The van der Waals surface area contributed by atoms with Gasteiger partial charge in [-0.2, -0.15) is 0 Å². The lowest BCUT2D eigenvalue weighted by Crippen LogP contribution is -2.37. The van der Waals surface area contributed by atoms with Gasteiger partial charge in [0.05, 0.1) is 19.1 Å². The Morgan fingerprint density at radius 2 is 2.05 bits per heavy atom. The number of aliphatic hydroxyl groups is 1. The van der Waals surface area contributed by atoms with Crippen LogP contribution in [0.3, 0.4) is 0 Å². The molecule has 0 aromatic heterocycles. The molecule has 0 heterocycles. The van der Waals surface area contributed by atoms with Crippen molar-refractivity contribution in [3.63, 3.8) is 0 Å². The van der Waals surface area contributed by atoms with Gasteiger partial charge >= 0.3 is 0 Å². The minimum Gasteiger partial charge on any atom is -0.394 e. The number of aliphatic hydroxyl groups excluding tert-OH is 1. The summed E-state index contributed by atoms with van der Waals surface area (Å²) in [6.07, 6.45) is 6.01. The lowest BCUT2D eigenvalue weighted by atomic mass is 9.90. The van der Waals surface area contributed by atoms with Gasteiger partial charge in [-0.1, -0.05) is 25.1 Å². The highest BCUT2D eigenvalue weighted by Gasteiger charge is 2.13. The van der Waals surface area contributed by atoms with Gasteiger partial charge in [-0.15, -0.1) is 0 Å². The molecule has 1 aromatic carbocycles. The van der Waals surface area contributed by atoms with Crippen molar-refractivity contribution in [3.05, 3.63) is 34.9 Å². The third-order valence-corrected chi connectivity index (χ3v) is 3.86. The van der Waals surface area contributed by atoms with E-state index >= 15 is 0 Å². The second-order valence-corrected chi connectivity index (χ2v) is 5.34. The lowest BCUT2D eigenvalue weighted by molar-refractivity contribution is -0.121. The number of carbonyl (C=O) groups excluding carboxylic acids is 1. The summed E-state index contributed by atoms with van der Waals surface area (Å²) < 4.78 is 0. The van der Waals surface area contributed by atoms with E-state index in [4.69, 9.17) is 5.11 Å². The zero-order valence-corrected chi connectivity index (χ0v) is 11.6. The second-order valence-electron chi connectivity index (χ2n) is 5.34. The molecule has 0 aliphatic heterocycles. The Labute approximate surface area is 115 Å². The largest absolute Gasteiger partial charge is 0.394 e. The van der Waals surface area contributed by atoms with E-state index in [0.29, 0.717) is 6.42 Å². The van der Waals surface area contributed by atoms with Crippen LogP contribution in [0.15, 0.2) is 18.2 Å². The van der Waals surface area contributed by atoms with Crippen molar-refractivity contribution in [2.45, 2.75) is 51.5 Å². The lowest BCUT2D eigenvalue weighted by Gasteiger charge is -2.17. The van der Waals surface area contributed by atoms with Crippen molar-refractivity contribution in [1.29, 1.82) is 0 Å². The van der Waals surface area contributed by atoms with E-state index in [1.165, 1.54) is 30.4 Å². The van der Waals surface area contributed by atoms with Crippen LogP contribution in [-0.2, 0) is 24.1 Å². The third kappa shape index (κ3) is 3.80. The zero-order valence-electron chi connectivity index (χ0n) is 11.6. The molecule has 1 aliphatic carbocycles. The number of amides is 1. The number of benzene rings is 1. The first-order chi connectivity index (χ1) is 9.22. The first-order valence-electron chi connectivity index (χ1n) is 7.23. The Balaban J connectivity index is 1.97. The average molecular weight is 261 g/mol. The quantitative estimate of drug-likeness (QED) is 0.851. The van der Waals surface area contributed by atoms with Gasteiger partial charge in [-0.3, -0.25) is 4.79 Å². The van der Waals surface area contributed by atoms with Gasteiger partial charge in [0, 0.05) is 0 Å². The highest BCUT2D eigenvalue weighted by molar-refractivity contribution is 5.79. The molecule has 19 heavy (non-hydrogen) atoms. The SMILES string of the molecule is CC[C@H](CO)NC(=O)Cc1ccc2c(c1)CCCC2. The van der Waals surface area contributed by atoms with Gasteiger partial charge in [0.2, 0.25) is 5.91 Å². The van der Waals surface area contributed by atoms with Crippen molar-refractivity contribution in [2.24, 2.45) is 0 Å². The van der Waals surface area contributed by atoms with Crippen LogP contribution >= 0.6 is 0 Å². The summed E-state index contributed by atoms with van der Waals surface area (Å²) in [7, 11) is 0. The number of carbonyl (C=O) groups is 1. The molecular weight excluding hydrogens is 238 g/mol. The van der Waals surface area contributed by atoms with Crippen molar-refractivity contribution >= 4 is 5.91 Å². The summed E-state index contributed by atoms with van der Waals surface area (Å²) in [6.45, 7) is 1.96. The maximum Gasteiger partial charge on any atom is 0.224 e. The molecule has 0 saturated carbocycles. The van der Waals surface area contributed by atoms with Crippen LogP contribution in [0.1, 0.15) is 42.9 Å². The van der Waals surface area contributed by atoms with Gasteiger partial charge in [-0.05, 0) is 48.8 Å². The Kier molecular flexibility index (Phi) is 4.97. The van der Waals surface area contributed by atoms with E-state index < -0.39 is 0 Å². The summed E-state index contributed by atoms with van der Waals surface area (Å²) in [4.78, 5) is 11.9. The fourth-order valence-corrected chi connectivity index (χ4v) is 2.64. The molecule has 3 heteroatoms. The van der Waals surface area contributed by atoms with Crippen LogP contribution in [0.25, 0.3) is 0 Å². The molecule has 0 spiro atoms. The minimum absolute atomic E-state index is 0.00309. The predicted octanol–water partition coefficient (Wildman–Crippen LogP) is 1.99. The summed E-state index contributed by atoms with van der Waals surface area (Å²) >= 11 is 0. The Bertz CT molecular complexity index is 438. The molecule has 0 unspecified atom stereocenters. The summed E-state index contributed by atoms with van der Waals surface area (Å²) in [5.74, 6) is -0.00309. The van der Waals surface area contributed by atoms with E-state index in [-0.39, 0.29) is 18.6 Å². The van der Waals surface area contributed by atoms with Crippen LogP contribution < -0.4 is 5.32 Å². The standard InChI is InChI=1S/C16H23NO2/c1-2-15(11-18)17-16(19)10-12-7-8-13-5-3-4-6-14(13)9-12/h7-9,15,18H,2-6,10-11H2,1H3,(H,17,19)/t15-/m1/s1. The summed E-state index contributed by atoms with van der Waals surface area (Å²) in [5, 5.41) is 11.9. The van der Waals surface area contributed by atoms with E-state index in [9.17, 15) is 4.79 Å². The predicted molar refractivity (Wildman–Crippen MR) is 76.1 cm³/mol. The van der Waals surface area contributed by atoms with E-state index in [0.717, 1.165) is 18.4 Å². The molecule has 0 radical (unpaired) electrons. The van der Waals surface area contributed by atoms with Gasteiger partial charge in [0.15, 0.2) is 0 Å². The molecule has 1 aliphatic rings. The van der Waals surface area contributed by atoms with E-state index in [1.807, 2.05) is 6.92 Å². The van der Waals surface area contributed by atoms with Crippen LogP contribution in [0.4, 0.5) is 0 Å². The molecule has 3 nitrogen and oxygen atoms in total. The number of hydrogen-bond donors (Lipinski definition) is 2. The highest BCUT2D eigenvalue weighted by Crippen LogP contribution is 2.22. The molecule has 2 rings (SSSR count). The molecule has 1 aromatic rings. The van der Waals surface area contributed by atoms with Gasteiger partial charge < -0.3 is 10.4 Å². The molecule has 104 valence electrons. The Morgan fingerprint density at radius 1 is 1.32 bits per heavy atom. The fourth-order valence-electron chi connectivity index (χ4n) is 2.64. The van der Waals surface area contributed by atoms with Crippen LogP contribution in [0, 0.1) is 0 Å². The van der Waals surface area contributed by atoms with Crippen molar-refractivity contribution in [1.82, 2.24) is 5.32 Å². The third-order valence-electron chi connectivity index (χ3n) is 3.86. The van der Waals surface area contributed by atoms with Gasteiger partial charge in [-0.25, -0.2) is 0 Å². The van der Waals surface area contributed by atoms with Crippen LogP contribution in [0.2, 0.25) is 0 Å². The number of nitrogens with one attached hydrogen (secondary N) is 1. The smallest absolute Gasteiger partial charge is 0.224 e. The average Bonchev–Trinajstić information content (AvgIpc) is 2.44. The first-order valence-corrected chi connectivity index (χ1v) is 7.23. The Morgan fingerprint density at radius 3 is 2.74 bits per heavy atom. The fraction of sp³-hybridized carbons (Fsp3) is 0.562. The van der Waals surface area contributed by atoms with Gasteiger partial charge in [0.1, 0.15) is 0 Å². The molecule has 1 atom stereocenters.